The van der Waals surface area contributed by atoms with Crippen LogP contribution in [0.5, 0.6) is 6.01 Å². The average Bonchev–Trinajstić information content (AvgIpc) is 3.05. The minimum atomic E-state index is -0.341. The topological polar surface area (TPSA) is 138 Å². The van der Waals surface area contributed by atoms with E-state index in [-0.39, 0.29) is 36.6 Å². The Morgan fingerprint density at radius 3 is 2.55 bits per heavy atom. The van der Waals surface area contributed by atoms with Gasteiger partial charge in [0.05, 0.1) is 26.8 Å². The van der Waals surface area contributed by atoms with Gasteiger partial charge in [-0.2, -0.15) is 9.97 Å². The molecule has 166 valence electrons. The third kappa shape index (κ3) is 5.58. The van der Waals surface area contributed by atoms with Crippen LogP contribution in [0.1, 0.15) is 11.1 Å². The number of nitrogens with one attached hydrogen (secondary N) is 1. The smallest absolute Gasteiger partial charge is 0.328 e. The molecule has 0 aliphatic rings. The number of carbonyl (C=O) groups excluding carboxylic acids is 1. The number of H-pyrrole nitrogens is 1. The van der Waals surface area contributed by atoms with Crippen molar-refractivity contribution in [2.45, 2.75) is 13.1 Å². The third-order valence-corrected chi connectivity index (χ3v) is 4.59. The minimum Gasteiger partial charge on any atom is -0.468 e. The van der Waals surface area contributed by atoms with E-state index in [4.69, 9.17) is 15.2 Å². The molecule has 2 aromatic heterocycles. The number of ether oxygens (including phenoxy) is 3. The van der Waals surface area contributed by atoms with E-state index in [1.807, 2.05) is 36.2 Å². The van der Waals surface area contributed by atoms with Crippen LogP contribution in [0.2, 0.25) is 0 Å². The summed E-state index contributed by atoms with van der Waals surface area (Å²) in [7, 11) is 4.77. The van der Waals surface area contributed by atoms with Gasteiger partial charge in [0.2, 0.25) is 0 Å². The van der Waals surface area contributed by atoms with E-state index in [9.17, 15) is 9.59 Å². The summed E-state index contributed by atoms with van der Waals surface area (Å²) in [6.07, 6.45) is 0. The number of aromatic nitrogens is 4. The van der Waals surface area contributed by atoms with Crippen LogP contribution >= 0.6 is 0 Å². The van der Waals surface area contributed by atoms with Crippen molar-refractivity contribution >= 4 is 23.0 Å². The van der Waals surface area contributed by atoms with Crippen molar-refractivity contribution in [1.29, 1.82) is 0 Å². The van der Waals surface area contributed by atoms with Crippen LogP contribution in [-0.2, 0) is 27.4 Å². The van der Waals surface area contributed by atoms with E-state index in [1.165, 1.54) is 11.7 Å². The molecule has 0 radical (unpaired) electrons. The zero-order chi connectivity index (χ0) is 22.4. The second-order valence-corrected chi connectivity index (χ2v) is 7.01. The lowest BCUT2D eigenvalue weighted by atomic mass is 10.1. The zero-order valence-corrected chi connectivity index (χ0v) is 17.8. The monoisotopic (exact) mass is 430 g/mol. The Morgan fingerprint density at radius 1 is 1.16 bits per heavy atom. The summed E-state index contributed by atoms with van der Waals surface area (Å²) >= 11 is 0. The maximum atomic E-state index is 12.5. The van der Waals surface area contributed by atoms with E-state index in [2.05, 4.69) is 19.7 Å². The number of carbonyl (C=O) groups is 1. The molecule has 0 unspecified atom stereocenters. The zero-order valence-electron chi connectivity index (χ0n) is 17.8. The van der Waals surface area contributed by atoms with Crippen LogP contribution in [0.3, 0.4) is 0 Å². The van der Waals surface area contributed by atoms with Gasteiger partial charge in [-0.15, -0.1) is 0 Å². The predicted molar refractivity (Wildman–Crippen MR) is 114 cm³/mol. The van der Waals surface area contributed by atoms with Crippen molar-refractivity contribution in [3.05, 3.63) is 45.9 Å². The number of nitrogens with two attached hydrogens (primary N) is 1. The van der Waals surface area contributed by atoms with Gasteiger partial charge in [0.1, 0.15) is 12.1 Å². The quantitative estimate of drug-likeness (QED) is 0.345. The molecule has 1 aromatic carbocycles. The van der Waals surface area contributed by atoms with Crippen molar-refractivity contribution in [3.63, 3.8) is 0 Å². The Hall–Kier alpha value is -3.44. The van der Waals surface area contributed by atoms with E-state index in [1.54, 1.807) is 7.11 Å². The van der Waals surface area contributed by atoms with Crippen LogP contribution in [0, 0.1) is 0 Å². The number of imidazole rings is 1. The molecule has 0 spiro atoms. The highest BCUT2D eigenvalue weighted by Crippen LogP contribution is 2.18. The number of hydrogen-bond acceptors (Lipinski definition) is 9. The minimum absolute atomic E-state index is 0.0822. The molecule has 0 atom stereocenters. The lowest BCUT2D eigenvalue weighted by Crippen LogP contribution is -2.26. The van der Waals surface area contributed by atoms with E-state index < -0.39 is 0 Å². The molecule has 31 heavy (non-hydrogen) atoms. The molecule has 0 saturated carbocycles. The number of benzene rings is 1. The number of esters is 1. The lowest BCUT2D eigenvalue weighted by Gasteiger charge is -2.15. The molecule has 11 heteroatoms. The van der Waals surface area contributed by atoms with Crippen molar-refractivity contribution in [1.82, 2.24) is 24.4 Å². The number of fused-ring (bicyclic) bond motifs is 1. The number of nitrogen functional groups attached to an aromatic ring is 1. The van der Waals surface area contributed by atoms with Crippen molar-refractivity contribution in [2.24, 2.45) is 0 Å². The van der Waals surface area contributed by atoms with Crippen molar-refractivity contribution < 1.29 is 19.0 Å². The second-order valence-electron chi connectivity index (χ2n) is 7.01. The van der Waals surface area contributed by atoms with Crippen molar-refractivity contribution in [3.8, 4) is 6.01 Å². The highest BCUT2D eigenvalue weighted by Gasteiger charge is 2.15. The second kappa shape index (κ2) is 10.0. The summed E-state index contributed by atoms with van der Waals surface area (Å²) in [5, 5.41) is 0. The Morgan fingerprint density at radius 2 is 1.87 bits per heavy atom. The number of anilines is 1. The molecule has 2 heterocycles. The maximum Gasteiger partial charge on any atom is 0.328 e. The van der Waals surface area contributed by atoms with Crippen LogP contribution in [0.4, 0.5) is 5.82 Å². The summed E-state index contributed by atoms with van der Waals surface area (Å²) in [5.41, 5.74) is 8.29. The molecule has 11 nitrogen and oxygen atoms in total. The summed E-state index contributed by atoms with van der Waals surface area (Å²) < 4.78 is 16.5. The van der Waals surface area contributed by atoms with Gasteiger partial charge in [0, 0.05) is 13.7 Å². The molecule has 0 amide bonds. The summed E-state index contributed by atoms with van der Waals surface area (Å²) in [5.74, 6) is -0.151. The summed E-state index contributed by atoms with van der Waals surface area (Å²) in [6.45, 7) is 1.74. The molecule has 3 aromatic rings. The Kier molecular flexibility index (Phi) is 7.21. The molecule has 0 fully saturated rings. The molecule has 0 aliphatic carbocycles. The van der Waals surface area contributed by atoms with Gasteiger partial charge >= 0.3 is 17.7 Å². The Bertz CT molecular complexity index is 1090. The van der Waals surface area contributed by atoms with Gasteiger partial charge in [0.25, 0.3) is 0 Å². The van der Waals surface area contributed by atoms with Gasteiger partial charge in [-0.05, 0) is 18.2 Å². The van der Waals surface area contributed by atoms with Gasteiger partial charge in [0.15, 0.2) is 11.5 Å². The Labute approximate surface area is 178 Å². The van der Waals surface area contributed by atoms with Crippen LogP contribution in [0.15, 0.2) is 29.1 Å². The van der Waals surface area contributed by atoms with Gasteiger partial charge in [-0.1, -0.05) is 24.3 Å². The normalized spacial score (nSPS) is 11.2. The fraction of sp³-hybridized carbons (Fsp3) is 0.400. The van der Waals surface area contributed by atoms with Crippen LogP contribution in [-0.4, -0.2) is 71.4 Å². The summed E-state index contributed by atoms with van der Waals surface area (Å²) in [4.78, 5) is 36.8. The first-order valence-corrected chi connectivity index (χ1v) is 9.62. The number of rotatable bonds is 10. The number of methoxy groups -OCH3 is 2. The highest BCUT2D eigenvalue weighted by molar-refractivity contribution is 5.81. The molecule has 0 aliphatic heterocycles. The Balaban J connectivity index is 1.77. The fourth-order valence-corrected chi connectivity index (χ4v) is 3.04. The van der Waals surface area contributed by atoms with Crippen LogP contribution < -0.4 is 16.2 Å². The number of hydrogen-bond donors (Lipinski definition) is 2. The standard InChI is InChI=1S/C20H26N6O5/c1-25(12-15(27)30-3)10-13-4-6-14(7-5-13)11-26-18-16(22-20(26)28)17(21)23-19(24-18)31-9-8-29-2/h4-7H,8-12H2,1-3H3,(H,22,28)(H2,21,23,24). The molecular formula is C20H26N6O5. The summed E-state index contributed by atoms with van der Waals surface area (Å²) in [6, 6.07) is 7.83. The maximum absolute atomic E-state index is 12.5. The predicted octanol–water partition coefficient (Wildman–Crippen LogP) is 0.380. The average molecular weight is 430 g/mol. The molecular weight excluding hydrogens is 404 g/mol. The third-order valence-electron chi connectivity index (χ3n) is 4.59. The first kappa shape index (κ1) is 22.2. The first-order chi connectivity index (χ1) is 14.9. The van der Waals surface area contributed by atoms with Gasteiger partial charge in [-0.25, -0.2) is 4.79 Å². The lowest BCUT2D eigenvalue weighted by molar-refractivity contribution is -0.141. The van der Waals surface area contributed by atoms with Crippen molar-refractivity contribution in [2.75, 3.05) is 46.8 Å². The van der Waals surface area contributed by atoms with Crippen LogP contribution in [0.25, 0.3) is 11.2 Å². The highest BCUT2D eigenvalue weighted by atomic mass is 16.5. The fourth-order valence-electron chi connectivity index (χ4n) is 3.04. The largest absolute Gasteiger partial charge is 0.468 e. The number of aromatic amines is 1. The molecule has 3 rings (SSSR count). The molecule has 0 saturated heterocycles. The van der Waals surface area contributed by atoms with E-state index in [0.29, 0.717) is 30.9 Å². The first-order valence-electron chi connectivity index (χ1n) is 9.62. The molecule has 3 N–H and O–H groups in total. The number of nitrogens with zero attached hydrogens (tertiary/aromatic N) is 4. The van der Waals surface area contributed by atoms with Gasteiger partial charge < -0.3 is 24.9 Å². The number of likely N-dealkylation sites (N-methyl/N-ethyl adjacent to an activating group) is 1. The molecule has 0 bridgehead atoms. The van der Waals surface area contributed by atoms with E-state index in [0.717, 1.165) is 11.1 Å². The van der Waals surface area contributed by atoms with E-state index >= 15 is 0 Å². The SMILES string of the molecule is COCCOc1nc(N)c2[nH]c(=O)n(Cc3ccc(CN(C)CC(=O)OC)cc3)c2n1. The van der Waals surface area contributed by atoms with Gasteiger partial charge in [-0.3, -0.25) is 14.3 Å².